The van der Waals surface area contributed by atoms with Gasteiger partial charge in [-0.15, -0.1) is 0 Å². The van der Waals surface area contributed by atoms with Crippen molar-refractivity contribution in [2.75, 3.05) is 7.11 Å². The first-order valence-corrected chi connectivity index (χ1v) is 6.73. The topological polar surface area (TPSA) is 26.3 Å². The first kappa shape index (κ1) is 12.1. The van der Waals surface area contributed by atoms with Crippen LogP contribution >= 0.6 is 0 Å². The molecule has 0 saturated heterocycles. The molecule has 2 unspecified atom stereocenters. The van der Waals surface area contributed by atoms with E-state index in [9.17, 15) is 4.79 Å². The molecule has 0 spiro atoms. The Hall–Kier alpha value is -0.370. The van der Waals surface area contributed by atoms with Gasteiger partial charge in [-0.3, -0.25) is 4.79 Å². The summed E-state index contributed by atoms with van der Waals surface area (Å²) in [6.07, 6.45) is 8.82. The zero-order valence-electron chi connectivity index (χ0n) is 10.6. The first-order chi connectivity index (χ1) is 7.65. The van der Waals surface area contributed by atoms with Gasteiger partial charge in [0.1, 0.15) is 5.78 Å². The number of Topliss-reactive ketones (excluding diaryl/α,β-unsaturated/α-hetero) is 1. The Labute approximate surface area is 98.7 Å². The summed E-state index contributed by atoms with van der Waals surface area (Å²) in [4.78, 5) is 12.2. The number of hydrogen-bond donors (Lipinski definition) is 0. The van der Waals surface area contributed by atoms with Gasteiger partial charge in [-0.25, -0.2) is 0 Å². The van der Waals surface area contributed by atoms with Gasteiger partial charge in [0.2, 0.25) is 0 Å². The number of carbonyl (C=O) groups is 1. The third-order valence-electron chi connectivity index (χ3n) is 4.59. The van der Waals surface area contributed by atoms with Crippen LogP contribution in [0.25, 0.3) is 0 Å². The largest absolute Gasteiger partial charge is 0.378 e. The summed E-state index contributed by atoms with van der Waals surface area (Å²) >= 11 is 0. The Morgan fingerprint density at radius 2 is 2.06 bits per heavy atom. The lowest BCUT2D eigenvalue weighted by Crippen LogP contribution is -2.42. The van der Waals surface area contributed by atoms with Gasteiger partial charge in [0.15, 0.2) is 0 Å². The molecule has 16 heavy (non-hydrogen) atoms. The van der Waals surface area contributed by atoms with Gasteiger partial charge in [0.25, 0.3) is 0 Å². The second-order valence-electron chi connectivity index (χ2n) is 5.85. The fraction of sp³-hybridized carbons (Fsp3) is 0.929. The third kappa shape index (κ3) is 2.48. The van der Waals surface area contributed by atoms with Crippen LogP contribution in [-0.2, 0) is 9.53 Å². The van der Waals surface area contributed by atoms with Crippen molar-refractivity contribution < 1.29 is 9.53 Å². The van der Waals surface area contributed by atoms with Gasteiger partial charge in [0.05, 0.1) is 5.60 Å². The maximum absolute atomic E-state index is 12.2. The van der Waals surface area contributed by atoms with Crippen molar-refractivity contribution in [3.8, 4) is 0 Å². The van der Waals surface area contributed by atoms with E-state index in [2.05, 4.69) is 6.92 Å². The molecule has 0 bridgehead atoms. The van der Waals surface area contributed by atoms with Crippen LogP contribution in [0.3, 0.4) is 0 Å². The van der Waals surface area contributed by atoms with E-state index in [1.54, 1.807) is 7.11 Å². The minimum absolute atomic E-state index is 0.0717. The van der Waals surface area contributed by atoms with Crippen LogP contribution in [0.2, 0.25) is 0 Å². The molecule has 2 heteroatoms. The van der Waals surface area contributed by atoms with E-state index in [0.717, 1.165) is 31.6 Å². The highest BCUT2D eigenvalue weighted by atomic mass is 16.5. The van der Waals surface area contributed by atoms with Crippen LogP contribution in [0.4, 0.5) is 0 Å². The molecule has 2 fully saturated rings. The molecule has 0 aromatic heterocycles. The second kappa shape index (κ2) is 4.87. The van der Waals surface area contributed by atoms with E-state index in [1.807, 2.05) is 0 Å². The Morgan fingerprint density at radius 3 is 2.56 bits per heavy atom. The van der Waals surface area contributed by atoms with Gasteiger partial charge in [0, 0.05) is 19.4 Å². The molecule has 0 heterocycles. The van der Waals surface area contributed by atoms with Crippen molar-refractivity contribution >= 4 is 5.78 Å². The van der Waals surface area contributed by atoms with Crippen molar-refractivity contribution in [2.45, 2.75) is 63.9 Å². The van der Waals surface area contributed by atoms with E-state index in [1.165, 1.54) is 19.3 Å². The highest BCUT2D eigenvalue weighted by Crippen LogP contribution is 2.40. The molecule has 0 aromatic carbocycles. The van der Waals surface area contributed by atoms with Crippen LogP contribution in [0.15, 0.2) is 0 Å². The average molecular weight is 224 g/mol. The third-order valence-corrected chi connectivity index (χ3v) is 4.59. The van der Waals surface area contributed by atoms with Crippen molar-refractivity contribution in [1.29, 1.82) is 0 Å². The molecular formula is C14H24O2. The van der Waals surface area contributed by atoms with Gasteiger partial charge in [-0.1, -0.05) is 19.8 Å². The lowest BCUT2D eigenvalue weighted by molar-refractivity contribution is -0.137. The minimum atomic E-state index is -0.0717. The Kier molecular flexibility index (Phi) is 3.68. The molecule has 92 valence electrons. The fourth-order valence-electron chi connectivity index (χ4n) is 3.21. The maximum Gasteiger partial charge on any atom is 0.138 e. The second-order valence-corrected chi connectivity index (χ2v) is 5.85. The van der Waals surface area contributed by atoms with Crippen LogP contribution in [0.5, 0.6) is 0 Å². The number of ether oxygens (including phenoxy) is 1. The van der Waals surface area contributed by atoms with E-state index in [4.69, 9.17) is 4.74 Å². The highest BCUT2D eigenvalue weighted by molar-refractivity contribution is 5.82. The number of ketones is 1. The predicted molar refractivity (Wildman–Crippen MR) is 64.3 cm³/mol. The smallest absolute Gasteiger partial charge is 0.138 e. The molecule has 2 saturated carbocycles. The molecule has 0 radical (unpaired) electrons. The number of methoxy groups -OCH3 is 1. The van der Waals surface area contributed by atoms with Crippen LogP contribution in [-0.4, -0.2) is 18.5 Å². The standard InChI is InChI=1S/C14H24O2/c1-11-5-3-6-12(9-11)13(15)10-14(16-2)7-4-8-14/h11-12H,3-10H2,1-2H3. The maximum atomic E-state index is 12.2. The first-order valence-electron chi connectivity index (χ1n) is 6.73. The number of carbonyl (C=O) groups excluding carboxylic acids is 1. The zero-order valence-corrected chi connectivity index (χ0v) is 10.6. The van der Waals surface area contributed by atoms with Crippen molar-refractivity contribution in [3.63, 3.8) is 0 Å². The lowest BCUT2D eigenvalue weighted by atomic mass is 9.72. The quantitative estimate of drug-likeness (QED) is 0.732. The summed E-state index contributed by atoms with van der Waals surface area (Å²) < 4.78 is 5.54. The average Bonchev–Trinajstić information content (AvgIpc) is 2.23. The number of rotatable bonds is 4. The summed E-state index contributed by atoms with van der Waals surface area (Å²) in [6, 6.07) is 0. The van der Waals surface area contributed by atoms with Crippen LogP contribution < -0.4 is 0 Å². The predicted octanol–water partition coefficient (Wildman–Crippen LogP) is 3.34. The van der Waals surface area contributed by atoms with E-state index < -0.39 is 0 Å². The van der Waals surface area contributed by atoms with E-state index >= 15 is 0 Å². The molecule has 0 amide bonds. The lowest BCUT2D eigenvalue weighted by Gasteiger charge is -2.41. The van der Waals surface area contributed by atoms with E-state index in [-0.39, 0.29) is 5.60 Å². The monoisotopic (exact) mass is 224 g/mol. The Bertz CT molecular complexity index is 250. The Morgan fingerprint density at radius 1 is 1.31 bits per heavy atom. The summed E-state index contributed by atoms with van der Waals surface area (Å²) in [6.45, 7) is 2.27. The zero-order chi connectivity index (χ0) is 11.6. The molecular weight excluding hydrogens is 200 g/mol. The molecule has 2 atom stereocenters. The van der Waals surface area contributed by atoms with Crippen molar-refractivity contribution in [3.05, 3.63) is 0 Å². The van der Waals surface area contributed by atoms with Gasteiger partial charge >= 0.3 is 0 Å². The molecule has 0 N–H and O–H groups in total. The summed E-state index contributed by atoms with van der Waals surface area (Å²) in [5.74, 6) is 1.53. The summed E-state index contributed by atoms with van der Waals surface area (Å²) in [7, 11) is 1.76. The molecule has 0 aliphatic heterocycles. The molecule has 2 rings (SSSR count). The summed E-state index contributed by atoms with van der Waals surface area (Å²) in [5.41, 5.74) is -0.0717. The summed E-state index contributed by atoms with van der Waals surface area (Å²) in [5, 5.41) is 0. The van der Waals surface area contributed by atoms with Crippen LogP contribution in [0.1, 0.15) is 58.3 Å². The number of hydrogen-bond acceptors (Lipinski definition) is 2. The van der Waals surface area contributed by atoms with Gasteiger partial charge < -0.3 is 4.74 Å². The Balaban J connectivity index is 1.87. The SMILES string of the molecule is COC1(CC(=O)C2CCCC(C)C2)CCC1. The van der Waals surface area contributed by atoms with Gasteiger partial charge in [-0.2, -0.15) is 0 Å². The molecule has 2 aliphatic rings. The molecule has 2 nitrogen and oxygen atoms in total. The van der Waals surface area contributed by atoms with Crippen molar-refractivity contribution in [1.82, 2.24) is 0 Å². The van der Waals surface area contributed by atoms with Crippen molar-refractivity contribution in [2.24, 2.45) is 11.8 Å². The van der Waals surface area contributed by atoms with Crippen LogP contribution in [0, 0.1) is 11.8 Å². The molecule has 2 aliphatic carbocycles. The van der Waals surface area contributed by atoms with Gasteiger partial charge in [-0.05, 0) is 38.0 Å². The fourth-order valence-corrected chi connectivity index (χ4v) is 3.21. The normalized spacial score (nSPS) is 33.1. The van der Waals surface area contributed by atoms with E-state index in [0.29, 0.717) is 18.1 Å². The molecule has 0 aromatic rings. The highest BCUT2D eigenvalue weighted by Gasteiger charge is 2.40. The minimum Gasteiger partial charge on any atom is -0.378 e.